The Hall–Kier alpha value is -1.76. The van der Waals surface area contributed by atoms with E-state index in [0.717, 1.165) is 44.1 Å². The number of benzene rings is 1. The van der Waals surface area contributed by atoms with Crippen LogP contribution in [0.25, 0.3) is 5.69 Å². The summed E-state index contributed by atoms with van der Waals surface area (Å²) in [6.45, 7) is 8.61. The lowest BCUT2D eigenvalue weighted by molar-refractivity contribution is 0.0418. The first kappa shape index (κ1) is 16.1. The van der Waals surface area contributed by atoms with E-state index in [0.29, 0.717) is 6.04 Å². The van der Waals surface area contributed by atoms with E-state index < -0.39 is 0 Å². The molecule has 23 heavy (non-hydrogen) atoms. The number of aliphatic hydroxyl groups is 1. The molecule has 0 bridgehead atoms. The van der Waals surface area contributed by atoms with Gasteiger partial charge in [-0.15, -0.1) is 0 Å². The van der Waals surface area contributed by atoms with Crippen LogP contribution in [0.1, 0.15) is 19.5 Å². The smallest absolute Gasteiger partial charge is 0.0971 e. The van der Waals surface area contributed by atoms with Crippen LogP contribution < -0.4 is 0 Å². The Balaban J connectivity index is 1.58. The average Bonchev–Trinajstić information content (AvgIpc) is 2.99. The number of aromatic nitrogens is 3. The summed E-state index contributed by atoms with van der Waals surface area (Å²) < 4.78 is 0. The maximum Gasteiger partial charge on any atom is 0.0971 e. The summed E-state index contributed by atoms with van der Waals surface area (Å²) in [5.41, 5.74) is 1.97. The molecule has 0 spiro atoms. The molecule has 2 atom stereocenters. The van der Waals surface area contributed by atoms with Gasteiger partial charge in [0.15, 0.2) is 0 Å². The Morgan fingerprint density at radius 1 is 1.26 bits per heavy atom. The zero-order valence-electron chi connectivity index (χ0n) is 13.8. The molecule has 2 heterocycles. The van der Waals surface area contributed by atoms with Gasteiger partial charge in [-0.2, -0.15) is 15.0 Å². The molecular formula is C17H25N5O. The van der Waals surface area contributed by atoms with E-state index in [2.05, 4.69) is 26.9 Å². The SMILES string of the molecule is C[C@@H]1CN(Cc2cnn(-c3ccccc3)n2)CCN1C[C@@H](C)O. The largest absolute Gasteiger partial charge is 0.392 e. The number of nitrogens with zero attached hydrogens (tertiary/aromatic N) is 5. The van der Waals surface area contributed by atoms with Gasteiger partial charge < -0.3 is 5.11 Å². The summed E-state index contributed by atoms with van der Waals surface area (Å²) in [4.78, 5) is 6.44. The van der Waals surface area contributed by atoms with E-state index in [-0.39, 0.29) is 6.10 Å². The van der Waals surface area contributed by atoms with Crippen molar-refractivity contribution in [2.45, 2.75) is 32.5 Å². The summed E-state index contributed by atoms with van der Waals surface area (Å²) in [6.07, 6.45) is 1.58. The van der Waals surface area contributed by atoms with Crippen molar-refractivity contribution in [2.24, 2.45) is 0 Å². The summed E-state index contributed by atoms with van der Waals surface area (Å²) in [7, 11) is 0. The molecule has 6 nitrogen and oxygen atoms in total. The molecule has 1 aliphatic heterocycles. The van der Waals surface area contributed by atoms with Crippen molar-refractivity contribution in [3.05, 3.63) is 42.2 Å². The number of rotatable bonds is 5. The minimum Gasteiger partial charge on any atom is -0.392 e. The summed E-state index contributed by atoms with van der Waals surface area (Å²) >= 11 is 0. The molecule has 1 aromatic carbocycles. The molecule has 124 valence electrons. The molecule has 1 aromatic heterocycles. The van der Waals surface area contributed by atoms with Crippen LogP contribution >= 0.6 is 0 Å². The lowest BCUT2D eigenvalue weighted by Crippen LogP contribution is -2.53. The van der Waals surface area contributed by atoms with Crippen LogP contribution in [0.2, 0.25) is 0 Å². The zero-order valence-corrected chi connectivity index (χ0v) is 13.8. The van der Waals surface area contributed by atoms with E-state index in [9.17, 15) is 5.11 Å². The second-order valence-corrected chi connectivity index (χ2v) is 6.39. The summed E-state index contributed by atoms with van der Waals surface area (Å²) in [5, 5.41) is 18.5. The van der Waals surface area contributed by atoms with Gasteiger partial charge in [0.25, 0.3) is 0 Å². The fourth-order valence-electron chi connectivity index (χ4n) is 3.11. The average molecular weight is 315 g/mol. The third kappa shape index (κ3) is 4.16. The van der Waals surface area contributed by atoms with Crippen LogP contribution in [0, 0.1) is 0 Å². The normalized spacial score (nSPS) is 21.4. The second-order valence-electron chi connectivity index (χ2n) is 6.39. The van der Waals surface area contributed by atoms with Crippen LogP contribution in [0.5, 0.6) is 0 Å². The van der Waals surface area contributed by atoms with Crippen LogP contribution in [0.4, 0.5) is 0 Å². The lowest BCUT2D eigenvalue weighted by Gasteiger charge is -2.40. The van der Waals surface area contributed by atoms with Gasteiger partial charge in [0.2, 0.25) is 0 Å². The molecule has 0 amide bonds. The number of hydrogen-bond acceptors (Lipinski definition) is 5. The number of para-hydroxylation sites is 1. The fraction of sp³-hybridized carbons (Fsp3) is 0.529. The van der Waals surface area contributed by atoms with Gasteiger partial charge in [0.1, 0.15) is 0 Å². The Kier molecular flexibility index (Phi) is 5.05. The highest BCUT2D eigenvalue weighted by molar-refractivity contribution is 5.28. The van der Waals surface area contributed by atoms with Gasteiger partial charge in [0.05, 0.1) is 23.7 Å². The highest BCUT2D eigenvalue weighted by Crippen LogP contribution is 2.13. The van der Waals surface area contributed by atoms with E-state index >= 15 is 0 Å². The third-order valence-electron chi connectivity index (χ3n) is 4.26. The molecular weight excluding hydrogens is 290 g/mol. The molecule has 6 heteroatoms. The quantitative estimate of drug-likeness (QED) is 0.897. The Bertz CT molecular complexity index is 612. The number of β-amino-alcohol motifs (C(OH)–C–C–N with tert-alkyl or cyclic N) is 1. The van der Waals surface area contributed by atoms with E-state index in [1.54, 1.807) is 4.80 Å². The van der Waals surface area contributed by atoms with Crippen molar-refractivity contribution in [1.82, 2.24) is 24.8 Å². The Morgan fingerprint density at radius 3 is 2.74 bits per heavy atom. The van der Waals surface area contributed by atoms with Gasteiger partial charge in [-0.05, 0) is 26.0 Å². The van der Waals surface area contributed by atoms with E-state index in [1.807, 2.05) is 43.5 Å². The van der Waals surface area contributed by atoms with Gasteiger partial charge >= 0.3 is 0 Å². The van der Waals surface area contributed by atoms with E-state index in [4.69, 9.17) is 0 Å². The van der Waals surface area contributed by atoms with Crippen LogP contribution in [-0.4, -0.2) is 68.2 Å². The molecule has 2 aromatic rings. The topological polar surface area (TPSA) is 57.4 Å². The monoisotopic (exact) mass is 315 g/mol. The van der Waals surface area contributed by atoms with Crippen molar-refractivity contribution in [2.75, 3.05) is 26.2 Å². The molecule has 0 saturated carbocycles. The van der Waals surface area contributed by atoms with Crippen LogP contribution in [-0.2, 0) is 6.54 Å². The minimum atomic E-state index is -0.269. The highest BCUT2D eigenvalue weighted by Gasteiger charge is 2.24. The fourth-order valence-corrected chi connectivity index (χ4v) is 3.11. The lowest BCUT2D eigenvalue weighted by atomic mass is 10.1. The molecule has 1 N–H and O–H groups in total. The van der Waals surface area contributed by atoms with Gasteiger partial charge in [-0.3, -0.25) is 9.80 Å². The standard InChI is InChI=1S/C17H25N5O/c1-14-11-20(8-9-21(14)12-15(2)23)13-16-10-18-22(19-16)17-6-4-3-5-7-17/h3-7,10,14-15,23H,8-9,11-13H2,1-2H3/t14-,15-/m1/s1. The van der Waals surface area contributed by atoms with Crippen molar-refractivity contribution < 1.29 is 5.11 Å². The summed E-state index contributed by atoms with van der Waals surface area (Å²) in [6, 6.07) is 10.4. The maximum absolute atomic E-state index is 9.56. The first-order valence-corrected chi connectivity index (χ1v) is 8.23. The van der Waals surface area contributed by atoms with Crippen molar-refractivity contribution >= 4 is 0 Å². The third-order valence-corrected chi connectivity index (χ3v) is 4.26. The number of piperazine rings is 1. The molecule has 1 saturated heterocycles. The minimum absolute atomic E-state index is 0.269. The predicted octanol–water partition coefficient (Wildman–Crippen LogP) is 1.15. The number of hydrogen-bond donors (Lipinski definition) is 1. The van der Waals surface area contributed by atoms with Gasteiger partial charge in [-0.1, -0.05) is 18.2 Å². The maximum atomic E-state index is 9.56. The van der Waals surface area contributed by atoms with E-state index in [1.165, 1.54) is 0 Å². The highest BCUT2D eigenvalue weighted by atomic mass is 16.3. The first-order chi connectivity index (χ1) is 11.1. The van der Waals surface area contributed by atoms with Crippen molar-refractivity contribution in [3.8, 4) is 5.69 Å². The van der Waals surface area contributed by atoms with Gasteiger partial charge in [-0.25, -0.2) is 0 Å². The van der Waals surface area contributed by atoms with Crippen molar-refractivity contribution in [3.63, 3.8) is 0 Å². The Labute approximate surface area is 137 Å². The molecule has 0 unspecified atom stereocenters. The summed E-state index contributed by atoms with van der Waals surface area (Å²) in [5.74, 6) is 0. The van der Waals surface area contributed by atoms with Crippen molar-refractivity contribution in [1.29, 1.82) is 0 Å². The zero-order chi connectivity index (χ0) is 16.2. The van der Waals surface area contributed by atoms with Crippen LogP contribution in [0.3, 0.4) is 0 Å². The van der Waals surface area contributed by atoms with Crippen LogP contribution in [0.15, 0.2) is 36.5 Å². The predicted molar refractivity (Wildman–Crippen MR) is 89.4 cm³/mol. The van der Waals surface area contributed by atoms with Gasteiger partial charge in [0, 0.05) is 38.8 Å². The Morgan fingerprint density at radius 2 is 2.04 bits per heavy atom. The first-order valence-electron chi connectivity index (χ1n) is 8.23. The second kappa shape index (κ2) is 7.21. The molecule has 3 rings (SSSR count). The molecule has 1 fully saturated rings. The molecule has 1 aliphatic rings. The molecule has 0 radical (unpaired) electrons. The molecule has 0 aliphatic carbocycles. The number of aliphatic hydroxyl groups excluding tert-OH is 1.